The number of hydrogen-bond donors (Lipinski definition) is 2. The van der Waals surface area contributed by atoms with E-state index in [0.717, 1.165) is 17.7 Å². The summed E-state index contributed by atoms with van der Waals surface area (Å²) in [7, 11) is 0. The lowest BCUT2D eigenvalue weighted by Gasteiger charge is -2.21. The Morgan fingerprint density at radius 1 is 1.10 bits per heavy atom. The maximum Gasteiger partial charge on any atom is 0.0656 e. The second kappa shape index (κ2) is 5.37. The van der Waals surface area contributed by atoms with E-state index in [1.807, 2.05) is 19.1 Å². The molecule has 0 aliphatic heterocycles. The number of nitrogen functional groups attached to an aromatic ring is 1. The molecule has 1 aliphatic rings. The standard InChI is InChI=1S/C17H19ClN2/c1-11-9-15(19)14(18)10-17(11)20-16-8-4-6-12-5-2-3-7-13(12)16/h4,6,8-10,20H,2-3,5,7,19H2,1H3. The van der Waals surface area contributed by atoms with Crippen molar-refractivity contribution >= 4 is 28.7 Å². The van der Waals surface area contributed by atoms with Crippen molar-refractivity contribution in [3.05, 3.63) is 52.0 Å². The number of fused-ring (bicyclic) bond motifs is 1. The molecule has 2 nitrogen and oxygen atoms in total. The molecule has 0 saturated carbocycles. The molecule has 1 aliphatic carbocycles. The number of nitrogens with two attached hydrogens (primary N) is 1. The molecule has 0 spiro atoms. The van der Waals surface area contributed by atoms with Crippen LogP contribution in [-0.2, 0) is 12.8 Å². The van der Waals surface area contributed by atoms with Crippen molar-refractivity contribution in [3.8, 4) is 0 Å². The van der Waals surface area contributed by atoms with Crippen molar-refractivity contribution in [2.24, 2.45) is 0 Å². The lowest BCUT2D eigenvalue weighted by Crippen LogP contribution is -2.06. The van der Waals surface area contributed by atoms with Crippen molar-refractivity contribution in [2.45, 2.75) is 32.6 Å². The van der Waals surface area contributed by atoms with Crippen molar-refractivity contribution < 1.29 is 0 Å². The SMILES string of the molecule is Cc1cc(N)c(Cl)cc1Nc1cccc2c1CCCC2. The predicted molar refractivity (Wildman–Crippen MR) is 87.0 cm³/mol. The summed E-state index contributed by atoms with van der Waals surface area (Å²) in [5.74, 6) is 0. The van der Waals surface area contributed by atoms with Crippen LogP contribution in [0, 0.1) is 6.92 Å². The Hall–Kier alpha value is -1.67. The molecule has 2 aromatic rings. The van der Waals surface area contributed by atoms with Gasteiger partial charge in [0.2, 0.25) is 0 Å². The largest absolute Gasteiger partial charge is 0.398 e. The zero-order valence-corrected chi connectivity index (χ0v) is 12.4. The van der Waals surface area contributed by atoms with Crippen molar-refractivity contribution in [1.29, 1.82) is 0 Å². The van der Waals surface area contributed by atoms with Crippen LogP contribution in [0.4, 0.5) is 17.1 Å². The van der Waals surface area contributed by atoms with Crippen LogP contribution in [0.3, 0.4) is 0 Å². The fraction of sp³-hybridized carbons (Fsp3) is 0.294. The van der Waals surface area contributed by atoms with Gasteiger partial charge in [-0.15, -0.1) is 0 Å². The Balaban J connectivity index is 1.98. The third-order valence-corrected chi connectivity index (χ3v) is 4.34. The molecule has 0 amide bonds. The molecular weight excluding hydrogens is 268 g/mol. The number of aryl methyl sites for hydroxylation is 2. The van der Waals surface area contributed by atoms with Crippen molar-refractivity contribution in [3.63, 3.8) is 0 Å². The Labute approximate surface area is 125 Å². The van der Waals surface area contributed by atoms with Gasteiger partial charge in [0.05, 0.1) is 10.7 Å². The molecule has 0 fully saturated rings. The molecule has 3 N–H and O–H groups in total. The van der Waals surface area contributed by atoms with Gasteiger partial charge in [0, 0.05) is 11.4 Å². The van der Waals surface area contributed by atoms with Gasteiger partial charge in [0.1, 0.15) is 0 Å². The van der Waals surface area contributed by atoms with Crippen LogP contribution in [0.15, 0.2) is 30.3 Å². The second-order valence-electron chi connectivity index (χ2n) is 5.46. The van der Waals surface area contributed by atoms with E-state index >= 15 is 0 Å². The predicted octanol–water partition coefficient (Wildman–Crippen LogP) is 4.85. The summed E-state index contributed by atoms with van der Waals surface area (Å²) in [6, 6.07) is 10.3. The van der Waals surface area contributed by atoms with Crippen molar-refractivity contribution in [2.75, 3.05) is 11.1 Å². The first-order valence-corrected chi connectivity index (χ1v) is 7.46. The summed E-state index contributed by atoms with van der Waals surface area (Å²) in [6.07, 6.45) is 4.91. The zero-order valence-electron chi connectivity index (χ0n) is 11.7. The highest BCUT2D eigenvalue weighted by atomic mass is 35.5. The molecule has 0 bridgehead atoms. The number of hydrogen-bond acceptors (Lipinski definition) is 2. The maximum atomic E-state index is 6.13. The maximum absolute atomic E-state index is 6.13. The van der Waals surface area contributed by atoms with Gasteiger partial charge >= 0.3 is 0 Å². The van der Waals surface area contributed by atoms with Gasteiger partial charge in [-0.1, -0.05) is 23.7 Å². The summed E-state index contributed by atoms with van der Waals surface area (Å²) < 4.78 is 0. The van der Waals surface area contributed by atoms with Crippen LogP contribution >= 0.6 is 11.6 Å². The monoisotopic (exact) mass is 286 g/mol. The highest BCUT2D eigenvalue weighted by Crippen LogP contribution is 2.33. The fourth-order valence-corrected chi connectivity index (χ4v) is 3.05. The van der Waals surface area contributed by atoms with E-state index < -0.39 is 0 Å². The van der Waals surface area contributed by atoms with E-state index in [-0.39, 0.29) is 0 Å². The quantitative estimate of drug-likeness (QED) is 0.774. The highest BCUT2D eigenvalue weighted by molar-refractivity contribution is 6.33. The molecule has 3 heteroatoms. The molecule has 104 valence electrons. The first-order chi connectivity index (χ1) is 9.65. The molecule has 0 unspecified atom stereocenters. The fourth-order valence-electron chi connectivity index (χ4n) is 2.88. The van der Waals surface area contributed by atoms with E-state index in [2.05, 4.69) is 23.5 Å². The molecule has 0 heterocycles. The Morgan fingerprint density at radius 3 is 2.75 bits per heavy atom. The number of benzene rings is 2. The summed E-state index contributed by atoms with van der Waals surface area (Å²) in [5.41, 5.74) is 12.7. The van der Waals surface area contributed by atoms with Gasteiger partial charge < -0.3 is 11.1 Å². The first kappa shape index (κ1) is 13.3. The average Bonchev–Trinajstić information content (AvgIpc) is 2.45. The van der Waals surface area contributed by atoms with Gasteiger partial charge in [-0.05, 0) is 67.5 Å². The Kier molecular flexibility index (Phi) is 3.58. The molecule has 0 atom stereocenters. The van der Waals surface area contributed by atoms with Gasteiger partial charge in [0.15, 0.2) is 0 Å². The highest BCUT2D eigenvalue weighted by Gasteiger charge is 2.13. The molecule has 20 heavy (non-hydrogen) atoms. The minimum absolute atomic E-state index is 0.600. The molecule has 3 rings (SSSR count). The zero-order chi connectivity index (χ0) is 14.1. The lowest BCUT2D eigenvalue weighted by molar-refractivity contribution is 0.687. The second-order valence-corrected chi connectivity index (χ2v) is 5.87. The van der Waals surface area contributed by atoms with Crippen molar-refractivity contribution in [1.82, 2.24) is 0 Å². The molecule has 0 aromatic heterocycles. The average molecular weight is 287 g/mol. The summed E-state index contributed by atoms with van der Waals surface area (Å²) in [5, 5.41) is 4.13. The number of nitrogens with one attached hydrogen (secondary N) is 1. The van der Waals surface area contributed by atoms with Crippen LogP contribution in [-0.4, -0.2) is 0 Å². The third kappa shape index (κ3) is 2.48. The summed E-state index contributed by atoms with van der Waals surface area (Å²) in [4.78, 5) is 0. The normalized spacial score (nSPS) is 13.9. The number of halogens is 1. The van der Waals surface area contributed by atoms with Gasteiger partial charge in [0.25, 0.3) is 0 Å². The topological polar surface area (TPSA) is 38.0 Å². The Morgan fingerprint density at radius 2 is 1.90 bits per heavy atom. The summed E-state index contributed by atoms with van der Waals surface area (Å²) >= 11 is 6.13. The molecular formula is C17H19ClN2. The van der Waals surface area contributed by atoms with E-state index in [9.17, 15) is 0 Å². The van der Waals surface area contributed by atoms with E-state index in [4.69, 9.17) is 17.3 Å². The first-order valence-electron chi connectivity index (χ1n) is 7.08. The number of anilines is 3. The smallest absolute Gasteiger partial charge is 0.0656 e. The number of rotatable bonds is 2. The van der Waals surface area contributed by atoms with E-state index in [1.165, 1.54) is 36.1 Å². The van der Waals surface area contributed by atoms with Crippen LogP contribution in [0.1, 0.15) is 29.5 Å². The summed E-state index contributed by atoms with van der Waals surface area (Å²) in [6.45, 7) is 2.05. The molecule has 2 aromatic carbocycles. The minimum Gasteiger partial charge on any atom is -0.398 e. The minimum atomic E-state index is 0.600. The van der Waals surface area contributed by atoms with E-state index in [0.29, 0.717) is 10.7 Å². The van der Waals surface area contributed by atoms with Crippen LogP contribution in [0.2, 0.25) is 5.02 Å². The molecule has 0 radical (unpaired) electrons. The van der Waals surface area contributed by atoms with Gasteiger partial charge in [-0.25, -0.2) is 0 Å². The van der Waals surface area contributed by atoms with Crippen LogP contribution in [0.5, 0.6) is 0 Å². The van der Waals surface area contributed by atoms with E-state index in [1.54, 1.807) is 0 Å². The van der Waals surface area contributed by atoms with Crippen LogP contribution < -0.4 is 11.1 Å². The van der Waals surface area contributed by atoms with Gasteiger partial charge in [-0.2, -0.15) is 0 Å². The third-order valence-electron chi connectivity index (χ3n) is 4.01. The molecule has 0 saturated heterocycles. The Bertz CT molecular complexity index is 650. The lowest BCUT2D eigenvalue weighted by atomic mass is 9.90. The van der Waals surface area contributed by atoms with Gasteiger partial charge in [-0.3, -0.25) is 0 Å². The van der Waals surface area contributed by atoms with Crippen LogP contribution in [0.25, 0.3) is 0 Å².